The Balaban J connectivity index is 2.65. The molecule has 0 spiro atoms. The molecule has 0 aliphatic rings. The monoisotopic (exact) mass is 235 g/mol. The SMILES string of the molecule is CCCC(C)NC(=O)c1ccnc(NCC)c1. The van der Waals surface area contributed by atoms with E-state index in [2.05, 4.69) is 22.5 Å². The summed E-state index contributed by atoms with van der Waals surface area (Å²) < 4.78 is 0. The topological polar surface area (TPSA) is 54.0 Å². The second-order valence-electron chi connectivity index (χ2n) is 4.12. The molecular formula is C13H21N3O. The van der Waals surface area contributed by atoms with Crippen LogP contribution in [0.5, 0.6) is 0 Å². The quantitative estimate of drug-likeness (QED) is 0.796. The maximum absolute atomic E-state index is 11.9. The fourth-order valence-electron chi connectivity index (χ4n) is 1.66. The molecule has 1 atom stereocenters. The maximum Gasteiger partial charge on any atom is 0.251 e. The van der Waals surface area contributed by atoms with Crippen molar-refractivity contribution < 1.29 is 4.79 Å². The second kappa shape index (κ2) is 6.89. The lowest BCUT2D eigenvalue weighted by atomic mass is 10.1. The van der Waals surface area contributed by atoms with Crippen molar-refractivity contribution in [2.45, 2.75) is 39.7 Å². The first-order valence-electron chi connectivity index (χ1n) is 6.18. The van der Waals surface area contributed by atoms with Crippen LogP contribution in [-0.2, 0) is 0 Å². The molecule has 1 rings (SSSR count). The molecule has 0 fully saturated rings. The Labute approximate surface area is 103 Å². The molecular weight excluding hydrogens is 214 g/mol. The molecule has 1 amide bonds. The van der Waals surface area contributed by atoms with Gasteiger partial charge in [0.2, 0.25) is 0 Å². The number of nitrogens with zero attached hydrogens (tertiary/aromatic N) is 1. The van der Waals surface area contributed by atoms with Crippen LogP contribution in [0.4, 0.5) is 5.82 Å². The van der Waals surface area contributed by atoms with E-state index in [9.17, 15) is 4.79 Å². The number of aromatic nitrogens is 1. The number of pyridine rings is 1. The summed E-state index contributed by atoms with van der Waals surface area (Å²) in [6.45, 7) is 6.92. The van der Waals surface area contributed by atoms with E-state index in [0.29, 0.717) is 5.56 Å². The molecule has 1 unspecified atom stereocenters. The molecule has 94 valence electrons. The van der Waals surface area contributed by atoms with E-state index >= 15 is 0 Å². The van der Waals surface area contributed by atoms with Crippen LogP contribution in [0.2, 0.25) is 0 Å². The van der Waals surface area contributed by atoms with E-state index < -0.39 is 0 Å². The molecule has 0 aliphatic heterocycles. The summed E-state index contributed by atoms with van der Waals surface area (Å²) in [4.78, 5) is 16.1. The maximum atomic E-state index is 11.9. The van der Waals surface area contributed by atoms with Crippen molar-refractivity contribution >= 4 is 11.7 Å². The number of rotatable bonds is 6. The number of hydrogen-bond acceptors (Lipinski definition) is 3. The molecule has 0 saturated heterocycles. The van der Waals surface area contributed by atoms with E-state index in [1.807, 2.05) is 13.8 Å². The molecule has 4 nitrogen and oxygen atoms in total. The van der Waals surface area contributed by atoms with Crippen molar-refractivity contribution in [2.24, 2.45) is 0 Å². The zero-order valence-electron chi connectivity index (χ0n) is 10.8. The molecule has 4 heteroatoms. The minimum absolute atomic E-state index is 0.0347. The summed E-state index contributed by atoms with van der Waals surface area (Å²) in [6, 6.07) is 3.72. The van der Waals surface area contributed by atoms with Gasteiger partial charge in [-0.25, -0.2) is 4.98 Å². The Bertz CT molecular complexity index is 365. The van der Waals surface area contributed by atoms with Gasteiger partial charge in [0, 0.05) is 24.3 Å². The summed E-state index contributed by atoms with van der Waals surface area (Å²) in [5.41, 5.74) is 0.652. The predicted octanol–water partition coefficient (Wildman–Crippen LogP) is 2.43. The molecule has 17 heavy (non-hydrogen) atoms. The van der Waals surface area contributed by atoms with Crippen LogP contribution in [0, 0.1) is 0 Å². The van der Waals surface area contributed by atoms with Crippen LogP contribution in [0.3, 0.4) is 0 Å². The number of nitrogens with one attached hydrogen (secondary N) is 2. The third kappa shape index (κ3) is 4.43. The van der Waals surface area contributed by atoms with E-state index in [-0.39, 0.29) is 11.9 Å². The van der Waals surface area contributed by atoms with Crippen LogP contribution in [0.15, 0.2) is 18.3 Å². The van der Waals surface area contributed by atoms with Crippen molar-refractivity contribution in [1.82, 2.24) is 10.3 Å². The van der Waals surface area contributed by atoms with Crippen LogP contribution in [-0.4, -0.2) is 23.5 Å². The first-order valence-corrected chi connectivity index (χ1v) is 6.18. The van der Waals surface area contributed by atoms with Gasteiger partial charge in [0.05, 0.1) is 0 Å². The minimum atomic E-state index is -0.0347. The van der Waals surface area contributed by atoms with Crippen molar-refractivity contribution in [1.29, 1.82) is 0 Å². The van der Waals surface area contributed by atoms with Gasteiger partial charge < -0.3 is 10.6 Å². The smallest absolute Gasteiger partial charge is 0.251 e. The standard InChI is InChI=1S/C13H21N3O/c1-4-6-10(3)16-13(17)11-7-8-15-12(9-11)14-5-2/h7-10H,4-6H2,1-3H3,(H,14,15)(H,16,17). The second-order valence-corrected chi connectivity index (χ2v) is 4.12. The van der Waals surface area contributed by atoms with Crippen LogP contribution in [0.25, 0.3) is 0 Å². The lowest BCUT2D eigenvalue weighted by molar-refractivity contribution is 0.0938. The first-order chi connectivity index (χ1) is 8.17. The Kier molecular flexibility index (Phi) is 5.46. The third-order valence-corrected chi connectivity index (χ3v) is 2.48. The molecule has 0 radical (unpaired) electrons. The van der Waals surface area contributed by atoms with Crippen molar-refractivity contribution in [3.05, 3.63) is 23.9 Å². The molecule has 1 aromatic rings. The summed E-state index contributed by atoms with van der Waals surface area (Å²) in [5.74, 6) is 0.704. The fraction of sp³-hybridized carbons (Fsp3) is 0.538. The molecule has 0 bridgehead atoms. The van der Waals surface area contributed by atoms with E-state index in [0.717, 1.165) is 25.2 Å². The Morgan fingerprint density at radius 2 is 2.24 bits per heavy atom. The number of amides is 1. The molecule has 0 saturated carbocycles. The molecule has 2 N–H and O–H groups in total. The zero-order chi connectivity index (χ0) is 12.7. The van der Waals surface area contributed by atoms with Gasteiger partial charge in [0.15, 0.2) is 0 Å². The highest BCUT2D eigenvalue weighted by atomic mass is 16.1. The van der Waals surface area contributed by atoms with Gasteiger partial charge in [-0.05, 0) is 32.4 Å². The summed E-state index contributed by atoms with van der Waals surface area (Å²) >= 11 is 0. The van der Waals surface area contributed by atoms with Gasteiger partial charge >= 0.3 is 0 Å². The molecule has 1 aromatic heterocycles. The fourth-order valence-corrected chi connectivity index (χ4v) is 1.66. The van der Waals surface area contributed by atoms with Crippen LogP contribution >= 0.6 is 0 Å². The van der Waals surface area contributed by atoms with E-state index in [1.165, 1.54) is 0 Å². The van der Waals surface area contributed by atoms with Gasteiger partial charge in [0.25, 0.3) is 5.91 Å². The molecule has 0 aliphatic carbocycles. The van der Waals surface area contributed by atoms with E-state index in [1.54, 1.807) is 18.3 Å². The highest BCUT2D eigenvalue weighted by molar-refractivity contribution is 5.94. The summed E-state index contributed by atoms with van der Waals surface area (Å²) in [5, 5.41) is 6.06. The van der Waals surface area contributed by atoms with Gasteiger partial charge in [-0.15, -0.1) is 0 Å². The van der Waals surface area contributed by atoms with E-state index in [4.69, 9.17) is 0 Å². The Morgan fingerprint density at radius 3 is 2.88 bits per heavy atom. The molecule has 1 heterocycles. The van der Waals surface area contributed by atoms with Gasteiger partial charge in [-0.3, -0.25) is 4.79 Å². The lowest BCUT2D eigenvalue weighted by Crippen LogP contribution is -2.32. The minimum Gasteiger partial charge on any atom is -0.370 e. The van der Waals surface area contributed by atoms with Crippen LogP contribution in [0.1, 0.15) is 44.0 Å². The highest BCUT2D eigenvalue weighted by Crippen LogP contribution is 2.07. The first kappa shape index (κ1) is 13.5. The Morgan fingerprint density at radius 1 is 1.47 bits per heavy atom. The normalized spacial score (nSPS) is 11.9. The van der Waals surface area contributed by atoms with Gasteiger partial charge in [-0.1, -0.05) is 13.3 Å². The Hall–Kier alpha value is -1.58. The zero-order valence-corrected chi connectivity index (χ0v) is 10.8. The number of hydrogen-bond donors (Lipinski definition) is 2. The van der Waals surface area contributed by atoms with Crippen molar-refractivity contribution in [3.8, 4) is 0 Å². The highest BCUT2D eigenvalue weighted by Gasteiger charge is 2.09. The van der Waals surface area contributed by atoms with Gasteiger partial charge in [0.1, 0.15) is 5.82 Å². The predicted molar refractivity (Wildman–Crippen MR) is 70.2 cm³/mol. The van der Waals surface area contributed by atoms with Crippen molar-refractivity contribution in [2.75, 3.05) is 11.9 Å². The van der Waals surface area contributed by atoms with Crippen LogP contribution < -0.4 is 10.6 Å². The summed E-state index contributed by atoms with van der Waals surface area (Å²) in [6.07, 6.45) is 3.72. The average molecular weight is 235 g/mol. The third-order valence-electron chi connectivity index (χ3n) is 2.48. The summed E-state index contributed by atoms with van der Waals surface area (Å²) in [7, 11) is 0. The number of anilines is 1. The van der Waals surface area contributed by atoms with Gasteiger partial charge in [-0.2, -0.15) is 0 Å². The molecule has 0 aromatic carbocycles. The number of carbonyl (C=O) groups excluding carboxylic acids is 1. The average Bonchev–Trinajstić information content (AvgIpc) is 2.30. The number of carbonyl (C=O) groups is 1. The largest absolute Gasteiger partial charge is 0.370 e. The van der Waals surface area contributed by atoms with Crippen molar-refractivity contribution in [3.63, 3.8) is 0 Å². The lowest BCUT2D eigenvalue weighted by Gasteiger charge is -2.13.